The second kappa shape index (κ2) is 8.91. The van der Waals surface area contributed by atoms with Gasteiger partial charge in [-0.2, -0.15) is 4.98 Å². The van der Waals surface area contributed by atoms with Crippen LogP contribution in [0.15, 0.2) is 40.9 Å². The highest BCUT2D eigenvalue weighted by atomic mass is 19.1. The molecule has 0 bridgehead atoms. The van der Waals surface area contributed by atoms with E-state index >= 15 is 0 Å². The molecule has 3 rings (SSSR count). The largest absolute Gasteiger partial charge is 0.493 e. The van der Waals surface area contributed by atoms with Crippen molar-refractivity contribution >= 4 is 11.7 Å². The van der Waals surface area contributed by atoms with Crippen LogP contribution in [-0.2, 0) is 6.54 Å². The van der Waals surface area contributed by atoms with Crippen molar-refractivity contribution < 1.29 is 27.9 Å². The first-order chi connectivity index (χ1) is 14.0. The molecule has 0 radical (unpaired) electrons. The third-order valence-corrected chi connectivity index (χ3v) is 3.91. The van der Waals surface area contributed by atoms with E-state index in [1.54, 1.807) is 18.2 Å². The summed E-state index contributed by atoms with van der Waals surface area (Å²) < 4.78 is 34.6. The molecule has 0 unspecified atom stereocenters. The number of carbonyl (C=O) groups excluding carboxylic acids is 1. The number of amides is 2. The average Bonchev–Trinajstić information content (AvgIpc) is 3.22. The number of ether oxygens (including phenoxy) is 3. The van der Waals surface area contributed by atoms with Crippen LogP contribution in [0.3, 0.4) is 0 Å². The Morgan fingerprint density at radius 1 is 1.10 bits per heavy atom. The van der Waals surface area contributed by atoms with E-state index in [0.717, 1.165) is 0 Å². The Bertz CT molecular complexity index is 983. The summed E-state index contributed by atoms with van der Waals surface area (Å²) in [5, 5.41) is 8.82. The topological polar surface area (TPSA) is 108 Å². The lowest BCUT2D eigenvalue weighted by molar-refractivity contribution is 0.249. The van der Waals surface area contributed by atoms with Crippen molar-refractivity contribution in [1.82, 2.24) is 15.5 Å². The lowest BCUT2D eigenvalue weighted by atomic mass is 10.1. The molecule has 0 saturated carbocycles. The van der Waals surface area contributed by atoms with E-state index < -0.39 is 11.8 Å². The van der Waals surface area contributed by atoms with Gasteiger partial charge in [-0.3, -0.25) is 0 Å². The van der Waals surface area contributed by atoms with Gasteiger partial charge in [-0.1, -0.05) is 17.3 Å². The first kappa shape index (κ1) is 19.9. The van der Waals surface area contributed by atoms with Gasteiger partial charge in [0.2, 0.25) is 17.5 Å². The van der Waals surface area contributed by atoms with Crippen molar-refractivity contribution in [3.8, 4) is 28.6 Å². The fourth-order valence-corrected chi connectivity index (χ4v) is 2.54. The van der Waals surface area contributed by atoms with E-state index in [9.17, 15) is 9.18 Å². The number of carbonyl (C=O) groups is 1. The molecule has 0 aliphatic heterocycles. The summed E-state index contributed by atoms with van der Waals surface area (Å²) in [5.74, 6) is 1.22. The molecule has 1 heterocycles. The molecule has 0 fully saturated rings. The van der Waals surface area contributed by atoms with Gasteiger partial charge in [0, 0.05) is 5.56 Å². The fourth-order valence-electron chi connectivity index (χ4n) is 2.54. The highest BCUT2D eigenvalue weighted by Gasteiger charge is 2.17. The predicted molar refractivity (Wildman–Crippen MR) is 102 cm³/mol. The minimum atomic E-state index is -0.609. The first-order valence-corrected chi connectivity index (χ1v) is 8.48. The molecule has 2 amide bonds. The predicted octanol–water partition coefficient (Wildman–Crippen LogP) is 3.22. The number of methoxy groups -OCH3 is 3. The summed E-state index contributed by atoms with van der Waals surface area (Å²) in [7, 11) is 4.51. The molecule has 2 N–H and O–H groups in total. The second-order valence-corrected chi connectivity index (χ2v) is 5.71. The second-order valence-electron chi connectivity index (χ2n) is 5.71. The van der Waals surface area contributed by atoms with E-state index in [-0.39, 0.29) is 23.9 Å². The third kappa shape index (κ3) is 4.54. The number of benzene rings is 2. The number of anilines is 1. The molecule has 0 atom stereocenters. The van der Waals surface area contributed by atoms with Crippen LogP contribution in [0.1, 0.15) is 5.89 Å². The Morgan fingerprint density at radius 2 is 1.79 bits per heavy atom. The number of para-hydroxylation sites is 1. The molecule has 29 heavy (non-hydrogen) atoms. The van der Waals surface area contributed by atoms with Crippen LogP contribution >= 0.6 is 0 Å². The number of aromatic nitrogens is 2. The van der Waals surface area contributed by atoms with Gasteiger partial charge in [-0.25, -0.2) is 9.18 Å². The highest BCUT2D eigenvalue weighted by molar-refractivity contribution is 5.89. The number of hydrogen-bond donors (Lipinski definition) is 2. The zero-order valence-electron chi connectivity index (χ0n) is 16.0. The van der Waals surface area contributed by atoms with Crippen molar-refractivity contribution in [2.45, 2.75) is 6.54 Å². The van der Waals surface area contributed by atoms with Crippen LogP contribution in [0, 0.1) is 5.82 Å². The molecule has 0 spiro atoms. The molecule has 3 aromatic rings. The molecule has 9 nitrogen and oxygen atoms in total. The summed E-state index contributed by atoms with van der Waals surface area (Å²) in [4.78, 5) is 16.2. The van der Waals surface area contributed by atoms with Gasteiger partial charge in [-0.15, -0.1) is 0 Å². The van der Waals surface area contributed by atoms with Crippen molar-refractivity contribution in [2.24, 2.45) is 0 Å². The van der Waals surface area contributed by atoms with Crippen molar-refractivity contribution in [1.29, 1.82) is 0 Å². The van der Waals surface area contributed by atoms with Gasteiger partial charge in [0.05, 0.1) is 33.6 Å². The van der Waals surface area contributed by atoms with Gasteiger partial charge in [0.1, 0.15) is 5.82 Å². The number of urea groups is 1. The van der Waals surface area contributed by atoms with E-state index in [1.165, 1.54) is 39.5 Å². The molecule has 2 aromatic carbocycles. The summed E-state index contributed by atoms with van der Waals surface area (Å²) in [6, 6.07) is 8.58. The van der Waals surface area contributed by atoms with Crippen molar-refractivity contribution in [3.05, 3.63) is 48.1 Å². The van der Waals surface area contributed by atoms with Gasteiger partial charge < -0.3 is 29.4 Å². The molecular formula is C19H19FN4O5. The average molecular weight is 402 g/mol. The van der Waals surface area contributed by atoms with E-state index in [1.807, 2.05) is 0 Å². The maximum absolute atomic E-state index is 13.6. The molecule has 0 aliphatic carbocycles. The normalized spacial score (nSPS) is 10.3. The Balaban J connectivity index is 1.69. The van der Waals surface area contributed by atoms with Crippen LogP contribution in [0.4, 0.5) is 14.9 Å². The summed E-state index contributed by atoms with van der Waals surface area (Å²) in [6.45, 7) is -0.0439. The maximum atomic E-state index is 13.6. The smallest absolute Gasteiger partial charge is 0.319 e. The van der Waals surface area contributed by atoms with Crippen LogP contribution in [-0.4, -0.2) is 37.5 Å². The minimum Gasteiger partial charge on any atom is -0.493 e. The van der Waals surface area contributed by atoms with Crippen molar-refractivity contribution in [2.75, 3.05) is 26.6 Å². The van der Waals surface area contributed by atoms with Crippen LogP contribution in [0.5, 0.6) is 17.2 Å². The molecule has 0 saturated heterocycles. The molecule has 1 aromatic heterocycles. The monoisotopic (exact) mass is 402 g/mol. The number of hydrogen-bond acceptors (Lipinski definition) is 7. The summed E-state index contributed by atoms with van der Waals surface area (Å²) >= 11 is 0. The Morgan fingerprint density at radius 3 is 2.41 bits per heavy atom. The first-order valence-electron chi connectivity index (χ1n) is 8.48. The quantitative estimate of drug-likeness (QED) is 0.625. The maximum Gasteiger partial charge on any atom is 0.319 e. The third-order valence-electron chi connectivity index (χ3n) is 3.91. The highest BCUT2D eigenvalue weighted by Crippen LogP contribution is 2.40. The van der Waals surface area contributed by atoms with Gasteiger partial charge >= 0.3 is 6.03 Å². The SMILES string of the molecule is COc1cc(-c2noc(CNC(=O)Nc3ccccc3F)n2)cc(OC)c1OC. The lowest BCUT2D eigenvalue weighted by Gasteiger charge is -2.12. The van der Waals surface area contributed by atoms with Crippen LogP contribution < -0.4 is 24.8 Å². The Kier molecular flexibility index (Phi) is 6.12. The summed E-state index contributed by atoms with van der Waals surface area (Å²) in [6.07, 6.45) is 0. The number of nitrogens with one attached hydrogen (secondary N) is 2. The standard InChI is InChI=1S/C19H19FN4O5/c1-26-14-8-11(9-15(27-2)17(14)28-3)18-23-16(29-24-18)10-21-19(25)22-13-7-5-4-6-12(13)20/h4-9H,10H2,1-3H3,(H2,21,22,25). The van der Waals surface area contributed by atoms with Crippen LogP contribution in [0.2, 0.25) is 0 Å². The number of rotatable bonds is 7. The zero-order chi connectivity index (χ0) is 20.8. The molecule has 0 aliphatic rings. The Labute approximate surface area is 165 Å². The van der Waals surface area contributed by atoms with Gasteiger partial charge in [0.15, 0.2) is 11.5 Å². The number of nitrogens with zero attached hydrogens (tertiary/aromatic N) is 2. The fraction of sp³-hybridized carbons (Fsp3) is 0.211. The zero-order valence-corrected chi connectivity index (χ0v) is 16.0. The van der Waals surface area contributed by atoms with Gasteiger partial charge in [0.25, 0.3) is 0 Å². The van der Waals surface area contributed by atoms with Gasteiger partial charge in [-0.05, 0) is 24.3 Å². The molecular weight excluding hydrogens is 383 g/mol. The lowest BCUT2D eigenvalue weighted by Crippen LogP contribution is -2.28. The van der Waals surface area contributed by atoms with Crippen molar-refractivity contribution in [3.63, 3.8) is 0 Å². The number of halogens is 1. The van der Waals surface area contributed by atoms with Crippen LogP contribution in [0.25, 0.3) is 11.4 Å². The molecule has 152 valence electrons. The van der Waals surface area contributed by atoms with E-state index in [0.29, 0.717) is 22.8 Å². The minimum absolute atomic E-state index is 0.0439. The Hall–Kier alpha value is -3.82. The van der Waals surface area contributed by atoms with E-state index in [4.69, 9.17) is 18.7 Å². The summed E-state index contributed by atoms with van der Waals surface area (Å²) in [5.41, 5.74) is 0.638. The van der Waals surface area contributed by atoms with E-state index in [2.05, 4.69) is 20.8 Å². The molecule has 10 heteroatoms.